The third-order valence-electron chi connectivity index (χ3n) is 5.52. The standard InChI is InChI=1S/C25H25ClN4O4/c1-2-34-25(33)17-12-16(11-14-5-6-18(26)15(10-14)4-3-9-31)22-20(13-17)29-23(30-22)21-19(27)7-8-28-24(21)32/h5-8,10,12-13,31H,2-4,9,11H2,1H3,(H,29,30)(H3,27,28,32). The Kier molecular flexibility index (Phi) is 7.00. The molecular weight excluding hydrogens is 456 g/mol. The van der Waals surface area contributed by atoms with Crippen molar-refractivity contribution in [1.82, 2.24) is 15.0 Å². The highest BCUT2D eigenvalue weighted by Crippen LogP contribution is 2.28. The Morgan fingerprint density at radius 1 is 1.21 bits per heavy atom. The summed E-state index contributed by atoms with van der Waals surface area (Å²) in [5.74, 6) is -0.130. The zero-order valence-corrected chi connectivity index (χ0v) is 19.4. The number of pyridine rings is 1. The lowest BCUT2D eigenvalue weighted by atomic mass is 9.98. The van der Waals surface area contributed by atoms with Gasteiger partial charge in [-0.2, -0.15) is 0 Å². The van der Waals surface area contributed by atoms with Crippen molar-refractivity contribution in [3.63, 3.8) is 0 Å². The number of nitrogens with one attached hydrogen (secondary N) is 2. The molecule has 2 aromatic carbocycles. The normalized spacial score (nSPS) is 11.1. The number of benzene rings is 2. The van der Waals surface area contributed by atoms with Crippen LogP contribution in [0.1, 0.15) is 40.4 Å². The second-order valence-electron chi connectivity index (χ2n) is 7.90. The van der Waals surface area contributed by atoms with Crippen LogP contribution in [0.3, 0.4) is 0 Å². The van der Waals surface area contributed by atoms with Gasteiger partial charge in [0.1, 0.15) is 11.4 Å². The third kappa shape index (κ3) is 4.83. The predicted octanol–water partition coefficient (Wildman–Crippen LogP) is 3.85. The summed E-state index contributed by atoms with van der Waals surface area (Å²) in [5, 5.41) is 9.81. The molecule has 4 aromatic rings. The largest absolute Gasteiger partial charge is 0.462 e. The number of fused-ring (bicyclic) bond motifs is 1. The van der Waals surface area contributed by atoms with E-state index in [1.165, 1.54) is 6.20 Å². The van der Waals surface area contributed by atoms with Crippen LogP contribution in [0.4, 0.5) is 5.69 Å². The molecule has 0 fully saturated rings. The lowest BCUT2D eigenvalue weighted by molar-refractivity contribution is 0.0526. The number of nitrogens with zero attached hydrogens (tertiary/aromatic N) is 1. The summed E-state index contributed by atoms with van der Waals surface area (Å²) < 4.78 is 5.20. The van der Waals surface area contributed by atoms with Crippen molar-refractivity contribution in [3.8, 4) is 11.4 Å². The summed E-state index contributed by atoms with van der Waals surface area (Å²) >= 11 is 6.33. The average Bonchev–Trinajstić information content (AvgIpc) is 3.23. The number of nitrogens with two attached hydrogens (primary N) is 1. The minimum Gasteiger partial charge on any atom is -0.462 e. The molecule has 0 aliphatic heterocycles. The van der Waals surface area contributed by atoms with Crippen molar-refractivity contribution in [2.75, 3.05) is 18.9 Å². The molecule has 176 valence electrons. The SMILES string of the molecule is CCOC(=O)c1cc(Cc2ccc(Cl)c(CCCO)c2)c2nc(-c3c(N)cc[nH]c3=O)[nH]c2c1. The summed E-state index contributed by atoms with van der Waals surface area (Å²) in [7, 11) is 0. The molecule has 0 spiro atoms. The van der Waals surface area contributed by atoms with Crippen molar-refractivity contribution >= 4 is 34.3 Å². The van der Waals surface area contributed by atoms with Gasteiger partial charge in [0.2, 0.25) is 0 Å². The number of halogens is 1. The molecule has 0 amide bonds. The molecule has 8 nitrogen and oxygen atoms in total. The van der Waals surface area contributed by atoms with E-state index < -0.39 is 5.97 Å². The van der Waals surface area contributed by atoms with Gasteiger partial charge in [-0.25, -0.2) is 9.78 Å². The number of nitrogen functional groups attached to an aromatic ring is 1. The number of anilines is 1. The number of ether oxygens (including phenoxy) is 1. The first kappa shape index (κ1) is 23.5. The third-order valence-corrected chi connectivity index (χ3v) is 5.88. The summed E-state index contributed by atoms with van der Waals surface area (Å²) in [6.45, 7) is 2.08. The van der Waals surface area contributed by atoms with Crippen LogP contribution in [-0.2, 0) is 17.6 Å². The Hall–Kier alpha value is -3.62. The molecule has 0 saturated carbocycles. The lowest BCUT2D eigenvalue weighted by Gasteiger charge is -2.10. The fourth-order valence-electron chi connectivity index (χ4n) is 3.93. The molecule has 4 rings (SSSR count). The van der Waals surface area contributed by atoms with E-state index in [-0.39, 0.29) is 24.3 Å². The first-order valence-corrected chi connectivity index (χ1v) is 11.3. The minimum absolute atomic E-state index is 0.0839. The van der Waals surface area contributed by atoms with Gasteiger partial charge < -0.3 is 25.5 Å². The summed E-state index contributed by atoms with van der Waals surface area (Å²) in [4.78, 5) is 35.4. The zero-order valence-electron chi connectivity index (χ0n) is 18.7. The first-order chi connectivity index (χ1) is 16.4. The fraction of sp³-hybridized carbons (Fsp3) is 0.240. The first-order valence-electron chi connectivity index (χ1n) is 11.0. The summed E-state index contributed by atoms with van der Waals surface area (Å²) in [6, 6.07) is 10.8. The second kappa shape index (κ2) is 10.1. The number of aliphatic hydroxyl groups excluding tert-OH is 1. The number of rotatable bonds is 8. The molecule has 0 saturated heterocycles. The van der Waals surface area contributed by atoms with Crippen LogP contribution < -0.4 is 11.3 Å². The number of hydrogen-bond donors (Lipinski definition) is 4. The van der Waals surface area contributed by atoms with Crippen molar-refractivity contribution in [2.24, 2.45) is 0 Å². The molecule has 0 unspecified atom stereocenters. The molecule has 0 atom stereocenters. The maximum atomic E-state index is 12.5. The number of imidazole rings is 1. The smallest absolute Gasteiger partial charge is 0.338 e. The Balaban J connectivity index is 1.83. The van der Waals surface area contributed by atoms with Crippen LogP contribution in [0.5, 0.6) is 0 Å². The van der Waals surface area contributed by atoms with Gasteiger partial charge in [0.25, 0.3) is 5.56 Å². The van der Waals surface area contributed by atoms with E-state index >= 15 is 0 Å². The van der Waals surface area contributed by atoms with Gasteiger partial charge >= 0.3 is 5.97 Å². The molecule has 5 N–H and O–H groups in total. The topological polar surface area (TPSA) is 134 Å². The fourth-order valence-corrected chi connectivity index (χ4v) is 4.14. The molecular formula is C25H25ClN4O4. The number of aryl methyl sites for hydroxylation is 1. The molecule has 0 bridgehead atoms. The molecule has 2 heterocycles. The minimum atomic E-state index is -0.446. The zero-order chi connectivity index (χ0) is 24.2. The van der Waals surface area contributed by atoms with Gasteiger partial charge in [0.15, 0.2) is 0 Å². The number of aromatic amines is 2. The van der Waals surface area contributed by atoms with Crippen LogP contribution in [0.25, 0.3) is 22.4 Å². The molecule has 34 heavy (non-hydrogen) atoms. The highest BCUT2D eigenvalue weighted by molar-refractivity contribution is 6.31. The van der Waals surface area contributed by atoms with E-state index in [1.54, 1.807) is 25.1 Å². The van der Waals surface area contributed by atoms with Gasteiger partial charge in [0.05, 0.1) is 23.2 Å². The van der Waals surface area contributed by atoms with Gasteiger partial charge in [-0.15, -0.1) is 0 Å². The van der Waals surface area contributed by atoms with E-state index in [0.29, 0.717) is 52.4 Å². The van der Waals surface area contributed by atoms with Crippen LogP contribution >= 0.6 is 11.6 Å². The van der Waals surface area contributed by atoms with Crippen LogP contribution in [0.15, 0.2) is 47.4 Å². The van der Waals surface area contributed by atoms with Crippen LogP contribution in [0, 0.1) is 0 Å². The van der Waals surface area contributed by atoms with E-state index in [4.69, 9.17) is 22.1 Å². The van der Waals surface area contributed by atoms with E-state index in [0.717, 1.165) is 16.7 Å². The number of carbonyl (C=O) groups is 1. The second-order valence-corrected chi connectivity index (χ2v) is 8.31. The Morgan fingerprint density at radius 2 is 2.03 bits per heavy atom. The van der Waals surface area contributed by atoms with Crippen molar-refractivity contribution < 1.29 is 14.6 Å². The molecule has 0 aliphatic rings. The van der Waals surface area contributed by atoms with E-state index in [1.807, 2.05) is 18.2 Å². The van der Waals surface area contributed by atoms with Crippen molar-refractivity contribution in [2.45, 2.75) is 26.2 Å². The van der Waals surface area contributed by atoms with E-state index in [2.05, 4.69) is 15.0 Å². The number of esters is 1. The van der Waals surface area contributed by atoms with Gasteiger partial charge in [0, 0.05) is 23.5 Å². The van der Waals surface area contributed by atoms with E-state index in [9.17, 15) is 14.7 Å². The van der Waals surface area contributed by atoms with Crippen molar-refractivity contribution in [1.29, 1.82) is 0 Å². The molecule has 0 aliphatic carbocycles. The van der Waals surface area contributed by atoms with Crippen LogP contribution in [0.2, 0.25) is 5.02 Å². The monoisotopic (exact) mass is 480 g/mol. The Labute approximate surface area is 200 Å². The Bertz CT molecular complexity index is 1410. The van der Waals surface area contributed by atoms with Gasteiger partial charge in [-0.1, -0.05) is 23.7 Å². The van der Waals surface area contributed by atoms with Gasteiger partial charge in [-0.05, 0) is 67.1 Å². The predicted molar refractivity (Wildman–Crippen MR) is 132 cm³/mol. The molecule has 0 radical (unpaired) electrons. The number of carbonyl (C=O) groups excluding carboxylic acids is 1. The number of aliphatic hydroxyl groups is 1. The Morgan fingerprint density at radius 3 is 2.76 bits per heavy atom. The quantitative estimate of drug-likeness (QED) is 0.283. The highest BCUT2D eigenvalue weighted by atomic mass is 35.5. The lowest BCUT2D eigenvalue weighted by Crippen LogP contribution is -2.11. The average molecular weight is 481 g/mol. The molecule has 9 heteroatoms. The van der Waals surface area contributed by atoms with Crippen LogP contribution in [-0.4, -0.2) is 39.2 Å². The maximum Gasteiger partial charge on any atom is 0.338 e. The van der Waals surface area contributed by atoms with Crippen molar-refractivity contribution in [3.05, 3.63) is 80.2 Å². The highest BCUT2D eigenvalue weighted by Gasteiger charge is 2.18. The maximum absolute atomic E-state index is 12.5. The summed E-state index contributed by atoms with van der Waals surface area (Å²) in [6.07, 6.45) is 3.21. The number of hydrogen-bond acceptors (Lipinski definition) is 6. The summed E-state index contributed by atoms with van der Waals surface area (Å²) in [5.41, 5.74) is 10.5. The number of H-pyrrole nitrogens is 2. The number of aromatic nitrogens is 3. The van der Waals surface area contributed by atoms with Gasteiger partial charge in [-0.3, -0.25) is 4.79 Å². The molecule has 2 aromatic heterocycles.